The lowest BCUT2D eigenvalue weighted by molar-refractivity contribution is -0.139. The number of likely N-dealkylation sites (tertiary alicyclic amines) is 1. The number of hydrogen-bond donors (Lipinski definition) is 0. The number of nitrogens with zero attached hydrogens (tertiary/aromatic N) is 5. The van der Waals surface area contributed by atoms with Gasteiger partial charge >= 0.3 is 0 Å². The van der Waals surface area contributed by atoms with Gasteiger partial charge in [-0.1, -0.05) is 12.1 Å². The molecule has 0 bridgehead atoms. The molecule has 0 spiro atoms. The number of carbonyl (C=O) groups excluding carboxylic acids is 1. The Labute approximate surface area is 184 Å². The number of carbonyl (C=O) groups is 1. The lowest BCUT2D eigenvalue weighted by atomic mass is 9.95. The van der Waals surface area contributed by atoms with Crippen molar-refractivity contribution in [2.45, 2.75) is 32.7 Å². The topological polar surface area (TPSA) is 74.9 Å². The second kappa shape index (κ2) is 10.2. The van der Waals surface area contributed by atoms with Crippen molar-refractivity contribution in [2.24, 2.45) is 5.92 Å². The van der Waals surface area contributed by atoms with Gasteiger partial charge in [-0.25, -0.2) is 0 Å². The zero-order valence-corrected chi connectivity index (χ0v) is 18.6. The quantitative estimate of drug-likeness (QED) is 0.672. The van der Waals surface area contributed by atoms with Crippen LogP contribution in [0.1, 0.15) is 32.1 Å². The van der Waals surface area contributed by atoms with Gasteiger partial charge in [0.1, 0.15) is 5.75 Å². The molecule has 2 fully saturated rings. The van der Waals surface area contributed by atoms with Crippen LogP contribution in [-0.4, -0.2) is 83.7 Å². The highest BCUT2D eigenvalue weighted by Gasteiger charge is 2.30. The molecule has 168 valence electrons. The van der Waals surface area contributed by atoms with E-state index < -0.39 is 0 Å². The van der Waals surface area contributed by atoms with Gasteiger partial charge in [-0.05, 0) is 63.2 Å². The third-order valence-electron chi connectivity index (χ3n) is 6.34. The summed E-state index contributed by atoms with van der Waals surface area (Å²) >= 11 is 0. The standard InChI is InChI=1S/C23H33N5O3/c1-3-10-26-11-8-19(9-12-26)23(29)28-15-13-27(14-16-28)17-21-24-22(25-31-21)18-4-6-20(30-2)7-5-18/h4-7,19H,3,8-17H2,1-2H3. The highest BCUT2D eigenvalue weighted by Crippen LogP contribution is 2.22. The molecule has 0 saturated carbocycles. The first-order valence-corrected chi connectivity index (χ1v) is 11.4. The van der Waals surface area contributed by atoms with Gasteiger partial charge in [0.2, 0.25) is 17.6 Å². The fraction of sp³-hybridized carbons (Fsp3) is 0.609. The summed E-state index contributed by atoms with van der Waals surface area (Å²) in [4.78, 5) is 24.3. The fourth-order valence-corrected chi connectivity index (χ4v) is 4.47. The Morgan fingerprint density at radius 3 is 2.42 bits per heavy atom. The molecule has 2 aromatic rings. The van der Waals surface area contributed by atoms with E-state index in [1.165, 1.54) is 6.42 Å². The van der Waals surface area contributed by atoms with E-state index in [9.17, 15) is 4.79 Å². The van der Waals surface area contributed by atoms with Crippen molar-refractivity contribution in [3.05, 3.63) is 30.2 Å². The maximum absolute atomic E-state index is 12.9. The Morgan fingerprint density at radius 2 is 1.77 bits per heavy atom. The van der Waals surface area contributed by atoms with E-state index in [2.05, 4.69) is 26.9 Å². The lowest BCUT2D eigenvalue weighted by Crippen LogP contribution is -2.51. The predicted octanol–water partition coefficient (Wildman–Crippen LogP) is 2.51. The molecule has 1 amide bonds. The number of aromatic nitrogens is 2. The number of ether oxygens (including phenoxy) is 1. The molecule has 0 aliphatic carbocycles. The SMILES string of the molecule is CCCN1CCC(C(=O)N2CCN(Cc3nc(-c4ccc(OC)cc4)no3)CC2)CC1. The molecule has 4 rings (SSSR count). The van der Waals surface area contributed by atoms with Crippen molar-refractivity contribution in [2.75, 3.05) is 52.9 Å². The Balaban J connectivity index is 1.24. The van der Waals surface area contributed by atoms with Crippen molar-refractivity contribution < 1.29 is 14.1 Å². The Bertz CT molecular complexity index is 837. The minimum atomic E-state index is 0.197. The van der Waals surface area contributed by atoms with Gasteiger partial charge in [0, 0.05) is 37.7 Å². The van der Waals surface area contributed by atoms with E-state index in [0.717, 1.165) is 70.0 Å². The summed E-state index contributed by atoms with van der Waals surface area (Å²) in [5, 5.41) is 4.11. The van der Waals surface area contributed by atoms with Gasteiger partial charge in [0.05, 0.1) is 13.7 Å². The van der Waals surface area contributed by atoms with Crippen molar-refractivity contribution in [3.8, 4) is 17.1 Å². The molecule has 2 saturated heterocycles. The monoisotopic (exact) mass is 427 g/mol. The van der Waals surface area contributed by atoms with Crippen LogP contribution in [0.3, 0.4) is 0 Å². The number of piperazine rings is 1. The predicted molar refractivity (Wildman–Crippen MR) is 118 cm³/mol. The summed E-state index contributed by atoms with van der Waals surface area (Å²) in [6.07, 6.45) is 3.17. The van der Waals surface area contributed by atoms with E-state index in [1.54, 1.807) is 7.11 Å². The van der Waals surface area contributed by atoms with Gasteiger partial charge in [-0.2, -0.15) is 4.98 Å². The van der Waals surface area contributed by atoms with Crippen molar-refractivity contribution in [1.82, 2.24) is 24.8 Å². The largest absolute Gasteiger partial charge is 0.497 e. The highest BCUT2D eigenvalue weighted by molar-refractivity contribution is 5.79. The second-order valence-electron chi connectivity index (χ2n) is 8.46. The first kappa shape index (κ1) is 21.8. The van der Waals surface area contributed by atoms with E-state index in [-0.39, 0.29) is 5.92 Å². The van der Waals surface area contributed by atoms with Crippen LogP contribution in [0.5, 0.6) is 5.75 Å². The Morgan fingerprint density at radius 1 is 1.06 bits per heavy atom. The molecule has 0 N–H and O–H groups in total. The summed E-state index contributed by atoms with van der Waals surface area (Å²) < 4.78 is 10.6. The van der Waals surface area contributed by atoms with Crippen LogP contribution in [0.25, 0.3) is 11.4 Å². The van der Waals surface area contributed by atoms with Crippen LogP contribution < -0.4 is 4.74 Å². The first-order valence-electron chi connectivity index (χ1n) is 11.4. The summed E-state index contributed by atoms with van der Waals surface area (Å²) in [5.74, 6) is 2.53. The average molecular weight is 428 g/mol. The van der Waals surface area contributed by atoms with Crippen molar-refractivity contribution >= 4 is 5.91 Å². The lowest BCUT2D eigenvalue weighted by Gasteiger charge is -2.38. The Kier molecular flexibility index (Phi) is 7.19. The number of hydrogen-bond acceptors (Lipinski definition) is 7. The number of benzene rings is 1. The van der Waals surface area contributed by atoms with Crippen LogP contribution in [0, 0.1) is 5.92 Å². The molecule has 1 aromatic carbocycles. The summed E-state index contributed by atoms with van der Waals surface area (Å²) in [7, 11) is 1.64. The molecule has 8 nitrogen and oxygen atoms in total. The minimum absolute atomic E-state index is 0.197. The number of rotatable bonds is 7. The molecule has 0 unspecified atom stereocenters. The van der Waals surface area contributed by atoms with Crippen LogP contribution in [0.15, 0.2) is 28.8 Å². The molecule has 1 aromatic heterocycles. The van der Waals surface area contributed by atoms with E-state index in [0.29, 0.717) is 24.2 Å². The number of methoxy groups -OCH3 is 1. The molecule has 31 heavy (non-hydrogen) atoms. The number of piperidine rings is 1. The number of amides is 1. The van der Waals surface area contributed by atoms with Gasteiger partial charge < -0.3 is 19.1 Å². The van der Waals surface area contributed by atoms with Crippen LogP contribution >= 0.6 is 0 Å². The van der Waals surface area contributed by atoms with Crippen molar-refractivity contribution in [1.29, 1.82) is 0 Å². The van der Waals surface area contributed by atoms with Crippen molar-refractivity contribution in [3.63, 3.8) is 0 Å². The molecular weight excluding hydrogens is 394 g/mol. The maximum Gasteiger partial charge on any atom is 0.241 e. The molecule has 2 aliphatic rings. The minimum Gasteiger partial charge on any atom is -0.497 e. The van der Waals surface area contributed by atoms with E-state index in [4.69, 9.17) is 9.26 Å². The van der Waals surface area contributed by atoms with Crippen LogP contribution in [-0.2, 0) is 11.3 Å². The fourth-order valence-electron chi connectivity index (χ4n) is 4.47. The highest BCUT2D eigenvalue weighted by atomic mass is 16.5. The average Bonchev–Trinajstić information content (AvgIpc) is 3.28. The summed E-state index contributed by atoms with van der Waals surface area (Å²) in [6.45, 7) is 9.29. The second-order valence-corrected chi connectivity index (χ2v) is 8.46. The van der Waals surface area contributed by atoms with E-state index in [1.807, 2.05) is 29.2 Å². The Hall–Kier alpha value is -2.45. The zero-order valence-electron chi connectivity index (χ0n) is 18.6. The zero-order chi connectivity index (χ0) is 21.6. The molecule has 0 radical (unpaired) electrons. The van der Waals surface area contributed by atoms with Gasteiger partial charge in [0.25, 0.3) is 0 Å². The molecule has 2 aliphatic heterocycles. The smallest absolute Gasteiger partial charge is 0.241 e. The maximum atomic E-state index is 12.9. The molecule has 3 heterocycles. The molecule has 0 atom stereocenters. The summed E-state index contributed by atoms with van der Waals surface area (Å²) in [5.41, 5.74) is 0.899. The third-order valence-corrected chi connectivity index (χ3v) is 6.34. The van der Waals surface area contributed by atoms with Gasteiger partial charge in [0.15, 0.2) is 0 Å². The summed E-state index contributed by atoms with van der Waals surface area (Å²) in [6, 6.07) is 7.61. The first-order chi connectivity index (χ1) is 15.2. The molecular formula is C23H33N5O3. The normalized spacial score (nSPS) is 19.0. The van der Waals surface area contributed by atoms with Crippen LogP contribution in [0.4, 0.5) is 0 Å². The van der Waals surface area contributed by atoms with Crippen LogP contribution in [0.2, 0.25) is 0 Å². The third kappa shape index (κ3) is 5.43. The molecule has 8 heteroatoms. The van der Waals surface area contributed by atoms with Gasteiger partial charge in [-0.3, -0.25) is 9.69 Å². The van der Waals surface area contributed by atoms with Gasteiger partial charge in [-0.15, -0.1) is 0 Å². The van der Waals surface area contributed by atoms with E-state index >= 15 is 0 Å².